The van der Waals surface area contributed by atoms with Gasteiger partial charge in [0.25, 0.3) is 0 Å². The quantitative estimate of drug-likeness (QED) is 0.827. The van der Waals surface area contributed by atoms with Crippen LogP contribution in [0.1, 0.15) is 12.0 Å². The number of hydrogen-bond donors (Lipinski definition) is 1. The van der Waals surface area contributed by atoms with E-state index < -0.39 is 6.61 Å². The van der Waals surface area contributed by atoms with Crippen LogP contribution in [0.2, 0.25) is 0 Å². The fourth-order valence-corrected chi connectivity index (χ4v) is 3.84. The molecule has 9 heteroatoms. The number of nitrogens with zero attached hydrogens (tertiary/aromatic N) is 2. The van der Waals surface area contributed by atoms with Gasteiger partial charge in [0.1, 0.15) is 5.75 Å². The summed E-state index contributed by atoms with van der Waals surface area (Å²) in [6.45, 7) is 3.94. The molecule has 1 atom stereocenters. The Morgan fingerprint density at radius 1 is 1.15 bits per heavy atom. The summed E-state index contributed by atoms with van der Waals surface area (Å²) in [5.41, 5.74) is 0.713. The summed E-state index contributed by atoms with van der Waals surface area (Å²) in [6, 6.07) is 3.81. The normalized spacial score (nSPS) is 23.3. The van der Waals surface area contributed by atoms with Crippen LogP contribution in [0.25, 0.3) is 0 Å². The van der Waals surface area contributed by atoms with Gasteiger partial charge in [-0.25, -0.2) is 0 Å². The molecular formula is C17H24ClF2N3O3. The molecule has 0 bridgehead atoms. The molecule has 0 saturated carbocycles. The minimum Gasteiger partial charge on any atom is -0.454 e. The molecule has 4 rings (SSSR count). The van der Waals surface area contributed by atoms with Gasteiger partial charge in [-0.2, -0.15) is 8.78 Å². The average molecular weight is 392 g/mol. The average Bonchev–Trinajstić information content (AvgIpc) is 3.24. The zero-order valence-corrected chi connectivity index (χ0v) is 15.3. The molecule has 1 aromatic carbocycles. The first-order valence-corrected chi connectivity index (χ1v) is 8.73. The summed E-state index contributed by atoms with van der Waals surface area (Å²) < 4.78 is 40.9. The highest BCUT2D eigenvalue weighted by molar-refractivity contribution is 5.85. The van der Waals surface area contributed by atoms with Crippen LogP contribution in [0.5, 0.6) is 17.2 Å². The van der Waals surface area contributed by atoms with Crippen molar-refractivity contribution < 1.29 is 23.0 Å². The lowest BCUT2D eigenvalue weighted by Crippen LogP contribution is -2.49. The Hall–Kier alpha value is -1.35. The molecule has 1 unspecified atom stereocenters. The van der Waals surface area contributed by atoms with Gasteiger partial charge < -0.3 is 19.5 Å². The summed E-state index contributed by atoms with van der Waals surface area (Å²) in [7, 11) is 0. The van der Waals surface area contributed by atoms with Gasteiger partial charge in [-0.05, 0) is 12.5 Å². The van der Waals surface area contributed by atoms with Crippen molar-refractivity contribution in [1.82, 2.24) is 15.1 Å². The van der Waals surface area contributed by atoms with Gasteiger partial charge in [0, 0.05) is 63.5 Å². The lowest BCUT2D eigenvalue weighted by Gasteiger charge is -2.32. The molecule has 2 fully saturated rings. The van der Waals surface area contributed by atoms with Gasteiger partial charge in [-0.1, -0.05) is 0 Å². The van der Waals surface area contributed by atoms with E-state index in [2.05, 4.69) is 15.1 Å². The smallest absolute Gasteiger partial charge is 0.387 e. The lowest BCUT2D eigenvalue weighted by atomic mass is 10.1. The first-order valence-electron chi connectivity index (χ1n) is 8.73. The van der Waals surface area contributed by atoms with E-state index in [1.54, 1.807) is 6.07 Å². The number of fused-ring (bicyclic) bond motifs is 1. The molecule has 0 radical (unpaired) electrons. The SMILES string of the molecule is Cl.FC(F)Oc1cc2c(cc1CN1CCC(N3CCNCC3)C1)OCO2. The largest absolute Gasteiger partial charge is 0.454 e. The van der Waals surface area contributed by atoms with E-state index in [9.17, 15) is 8.78 Å². The third-order valence-electron chi connectivity index (χ3n) is 5.08. The zero-order valence-electron chi connectivity index (χ0n) is 14.5. The second kappa shape index (κ2) is 8.56. The fourth-order valence-electron chi connectivity index (χ4n) is 3.84. The van der Waals surface area contributed by atoms with Gasteiger partial charge in [-0.15, -0.1) is 12.4 Å². The summed E-state index contributed by atoms with van der Waals surface area (Å²) in [6.07, 6.45) is 1.11. The predicted molar refractivity (Wildman–Crippen MR) is 94.6 cm³/mol. The molecule has 0 spiro atoms. The van der Waals surface area contributed by atoms with Gasteiger partial charge in [0.2, 0.25) is 6.79 Å². The third-order valence-corrected chi connectivity index (χ3v) is 5.08. The van der Waals surface area contributed by atoms with E-state index in [-0.39, 0.29) is 24.9 Å². The standard InChI is InChI=1S/C17H23F2N3O3.ClH/c18-17(19)25-14-8-16-15(23-11-24-16)7-12(14)9-21-4-1-13(10-21)22-5-2-20-3-6-22;/h7-8,13,17,20H,1-6,9-11H2;1H. The molecule has 3 aliphatic rings. The van der Waals surface area contributed by atoms with Crippen LogP contribution in [0.15, 0.2) is 12.1 Å². The highest BCUT2D eigenvalue weighted by Crippen LogP contribution is 2.39. The van der Waals surface area contributed by atoms with Gasteiger partial charge in [0.15, 0.2) is 11.5 Å². The predicted octanol–water partition coefficient (Wildman–Crippen LogP) is 1.92. The summed E-state index contributed by atoms with van der Waals surface area (Å²) in [4.78, 5) is 4.81. The number of piperazine rings is 1. The van der Waals surface area contributed by atoms with Crippen LogP contribution in [-0.2, 0) is 6.54 Å². The molecular weight excluding hydrogens is 368 g/mol. The number of nitrogens with one attached hydrogen (secondary N) is 1. The van der Waals surface area contributed by atoms with Crippen molar-refractivity contribution in [3.8, 4) is 17.2 Å². The van der Waals surface area contributed by atoms with Crippen LogP contribution in [-0.4, -0.2) is 68.5 Å². The van der Waals surface area contributed by atoms with E-state index in [0.29, 0.717) is 29.6 Å². The third kappa shape index (κ3) is 4.31. The van der Waals surface area contributed by atoms with Crippen LogP contribution in [0.3, 0.4) is 0 Å². The molecule has 0 aliphatic carbocycles. The minimum absolute atomic E-state index is 0. The summed E-state index contributed by atoms with van der Waals surface area (Å²) in [5.74, 6) is 1.22. The van der Waals surface area contributed by atoms with Crippen molar-refractivity contribution in [3.63, 3.8) is 0 Å². The van der Waals surface area contributed by atoms with Crippen molar-refractivity contribution in [2.45, 2.75) is 25.6 Å². The van der Waals surface area contributed by atoms with Crippen molar-refractivity contribution in [2.24, 2.45) is 0 Å². The number of likely N-dealkylation sites (tertiary alicyclic amines) is 1. The summed E-state index contributed by atoms with van der Waals surface area (Å²) >= 11 is 0. The van der Waals surface area contributed by atoms with E-state index >= 15 is 0 Å². The molecule has 1 N–H and O–H groups in total. The number of rotatable bonds is 5. The van der Waals surface area contributed by atoms with E-state index in [4.69, 9.17) is 14.2 Å². The highest BCUT2D eigenvalue weighted by atomic mass is 35.5. The first kappa shape index (κ1) is 19.4. The van der Waals surface area contributed by atoms with Crippen molar-refractivity contribution >= 4 is 12.4 Å². The molecule has 26 heavy (non-hydrogen) atoms. The van der Waals surface area contributed by atoms with Gasteiger partial charge in [-0.3, -0.25) is 9.80 Å². The van der Waals surface area contributed by atoms with Crippen molar-refractivity contribution in [3.05, 3.63) is 17.7 Å². The number of halogens is 3. The number of hydrogen-bond acceptors (Lipinski definition) is 6. The molecule has 3 aliphatic heterocycles. The van der Waals surface area contributed by atoms with Gasteiger partial charge in [0.05, 0.1) is 0 Å². The minimum atomic E-state index is -2.86. The second-order valence-corrected chi connectivity index (χ2v) is 6.66. The summed E-state index contributed by atoms with van der Waals surface area (Å²) in [5, 5.41) is 3.37. The molecule has 0 aromatic heterocycles. The number of alkyl halides is 2. The monoisotopic (exact) mass is 391 g/mol. The molecule has 3 heterocycles. The van der Waals surface area contributed by atoms with Crippen LogP contribution in [0, 0.1) is 0 Å². The van der Waals surface area contributed by atoms with Crippen molar-refractivity contribution in [2.75, 3.05) is 46.1 Å². The topological polar surface area (TPSA) is 46.2 Å². The van der Waals surface area contributed by atoms with Crippen LogP contribution >= 0.6 is 12.4 Å². The Balaban J connectivity index is 0.00000196. The Morgan fingerprint density at radius 3 is 2.62 bits per heavy atom. The van der Waals surface area contributed by atoms with E-state index in [0.717, 1.165) is 45.7 Å². The Morgan fingerprint density at radius 2 is 1.88 bits per heavy atom. The number of ether oxygens (including phenoxy) is 3. The maximum absolute atomic E-state index is 12.8. The van der Waals surface area contributed by atoms with Crippen LogP contribution < -0.4 is 19.5 Å². The molecule has 6 nitrogen and oxygen atoms in total. The Labute approximate surface area is 157 Å². The maximum atomic E-state index is 12.8. The fraction of sp³-hybridized carbons (Fsp3) is 0.647. The molecule has 1 aromatic rings. The Kier molecular flexibility index (Phi) is 6.39. The van der Waals surface area contributed by atoms with E-state index in [1.807, 2.05) is 0 Å². The second-order valence-electron chi connectivity index (χ2n) is 6.66. The Bertz CT molecular complexity index is 617. The van der Waals surface area contributed by atoms with Gasteiger partial charge >= 0.3 is 6.61 Å². The molecule has 146 valence electrons. The molecule has 0 amide bonds. The highest BCUT2D eigenvalue weighted by Gasteiger charge is 2.29. The first-order chi connectivity index (χ1) is 12.2. The zero-order chi connectivity index (χ0) is 17.2. The maximum Gasteiger partial charge on any atom is 0.387 e. The van der Waals surface area contributed by atoms with Crippen molar-refractivity contribution in [1.29, 1.82) is 0 Å². The lowest BCUT2D eigenvalue weighted by molar-refractivity contribution is -0.0508. The van der Waals surface area contributed by atoms with Crippen LogP contribution in [0.4, 0.5) is 8.78 Å². The number of benzene rings is 1. The van der Waals surface area contributed by atoms with E-state index in [1.165, 1.54) is 6.07 Å². The molecule has 2 saturated heterocycles.